The number of nitrogens with one attached hydrogen (secondary N) is 2. The number of benzene rings is 2. The van der Waals surface area contributed by atoms with Gasteiger partial charge in [-0.3, -0.25) is 4.99 Å². The molecule has 0 aliphatic heterocycles. The predicted molar refractivity (Wildman–Crippen MR) is 128 cm³/mol. The molecule has 0 saturated carbocycles. The maximum Gasteiger partial charge on any atom is 0.191 e. The molecular formula is C22H30IN3O3. The SMILES string of the molecule is C=CCOc1ccccc1CNC(=NC)NCCOCc1ccccc1OC.I. The van der Waals surface area contributed by atoms with Crippen LogP contribution in [0.3, 0.4) is 0 Å². The Morgan fingerprint density at radius 2 is 1.72 bits per heavy atom. The number of nitrogens with zero attached hydrogens (tertiary/aromatic N) is 1. The van der Waals surface area contributed by atoms with Crippen LogP contribution in [-0.2, 0) is 17.9 Å². The van der Waals surface area contributed by atoms with Crippen LogP contribution in [-0.4, -0.2) is 39.9 Å². The number of ether oxygens (including phenoxy) is 3. The third kappa shape index (κ3) is 8.74. The maximum atomic E-state index is 5.73. The molecule has 0 atom stereocenters. The van der Waals surface area contributed by atoms with Gasteiger partial charge in [0.25, 0.3) is 0 Å². The highest BCUT2D eigenvalue weighted by atomic mass is 127. The van der Waals surface area contributed by atoms with E-state index in [0.717, 1.165) is 22.6 Å². The van der Waals surface area contributed by atoms with Gasteiger partial charge in [0.2, 0.25) is 0 Å². The summed E-state index contributed by atoms with van der Waals surface area (Å²) in [5.74, 6) is 2.38. The normalized spacial score (nSPS) is 10.6. The van der Waals surface area contributed by atoms with Gasteiger partial charge < -0.3 is 24.8 Å². The molecule has 6 nitrogen and oxygen atoms in total. The summed E-state index contributed by atoms with van der Waals surface area (Å²) in [7, 11) is 3.40. The second-order valence-corrected chi connectivity index (χ2v) is 5.92. The Balaban J connectivity index is 0.00000420. The van der Waals surface area contributed by atoms with E-state index in [-0.39, 0.29) is 24.0 Å². The van der Waals surface area contributed by atoms with E-state index < -0.39 is 0 Å². The molecule has 2 rings (SSSR count). The van der Waals surface area contributed by atoms with Crippen molar-refractivity contribution < 1.29 is 14.2 Å². The van der Waals surface area contributed by atoms with Gasteiger partial charge in [-0.1, -0.05) is 49.1 Å². The van der Waals surface area contributed by atoms with Gasteiger partial charge in [-0.2, -0.15) is 0 Å². The zero-order valence-corrected chi connectivity index (χ0v) is 19.3. The standard InChI is InChI=1S/C22H29N3O3.HI/c1-4-14-28-21-12-8-5-9-18(21)16-25-22(23-2)24-13-15-27-17-19-10-6-7-11-20(19)26-3;/h4-12H,1,13-17H2,2-3H3,(H2,23,24,25);1H. The highest BCUT2D eigenvalue weighted by Gasteiger charge is 2.05. The monoisotopic (exact) mass is 511 g/mol. The molecule has 2 aromatic carbocycles. The van der Waals surface area contributed by atoms with Crippen LogP contribution in [0.15, 0.2) is 66.2 Å². The molecule has 0 aliphatic carbocycles. The van der Waals surface area contributed by atoms with E-state index in [4.69, 9.17) is 14.2 Å². The smallest absolute Gasteiger partial charge is 0.191 e. The number of rotatable bonds is 11. The molecule has 0 amide bonds. The van der Waals surface area contributed by atoms with Crippen molar-refractivity contribution in [3.05, 3.63) is 72.3 Å². The number of hydrogen-bond donors (Lipinski definition) is 2. The molecule has 2 N–H and O–H groups in total. The van der Waals surface area contributed by atoms with Crippen molar-refractivity contribution in [2.24, 2.45) is 4.99 Å². The van der Waals surface area contributed by atoms with E-state index in [2.05, 4.69) is 22.2 Å². The zero-order chi connectivity index (χ0) is 20.0. The topological polar surface area (TPSA) is 64.1 Å². The first kappa shape index (κ1) is 24.8. The van der Waals surface area contributed by atoms with Crippen LogP contribution in [0.25, 0.3) is 0 Å². The molecule has 0 fully saturated rings. The van der Waals surface area contributed by atoms with E-state index in [1.165, 1.54) is 0 Å². The third-order valence-electron chi connectivity index (χ3n) is 3.99. The first-order chi connectivity index (χ1) is 13.8. The number of halogens is 1. The van der Waals surface area contributed by atoms with Crippen LogP contribution in [0.5, 0.6) is 11.5 Å². The first-order valence-corrected chi connectivity index (χ1v) is 9.24. The Morgan fingerprint density at radius 1 is 1.03 bits per heavy atom. The fourth-order valence-electron chi connectivity index (χ4n) is 2.58. The van der Waals surface area contributed by atoms with Crippen LogP contribution < -0.4 is 20.1 Å². The second-order valence-electron chi connectivity index (χ2n) is 5.92. The van der Waals surface area contributed by atoms with Crippen molar-refractivity contribution in [3.63, 3.8) is 0 Å². The van der Waals surface area contributed by atoms with Gasteiger partial charge in [0.05, 0.1) is 20.3 Å². The molecule has 2 aromatic rings. The minimum absolute atomic E-state index is 0. The summed E-state index contributed by atoms with van der Waals surface area (Å²) in [5.41, 5.74) is 2.09. The Hall–Kier alpha value is -2.26. The van der Waals surface area contributed by atoms with Gasteiger partial charge >= 0.3 is 0 Å². The summed E-state index contributed by atoms with van der Waals surface area (Å²) in [4.78, 5) is 4.24. The van der Waals surface area contributed by atoms with Crippen molar-refractivity contribution >= 4 is 29.9 Å². The summed E-state index contributed by atoms with van der Waals surface area (Å²) >= 11 is 0. The fourth-order valence-corrected chi connectivity index (χ4v) is 2.58. The van der Waals surface area contributed by atoms with Crippen LogP contribution in [0.4, 0.5) is 0 Å². The van der Waals surface area contributed by atoms with Crippen molar-refractivity contribution in [1.29, 1.82) is 0 Å². The van der Waals surface area contributed by atoms with Gasteiger partial charge in [0, 0.05) is 31.3 Å². The summed E-state index contributed by atoms with van der Waals surface area (Å²) in [6.07, 6.45) is 1.73. The average Bonchev–Trinajstić information content (AvgIpc) is 2.75. The van der Waals surface area contributed by atoms with Crippen LogP contribution in [0, 0.1) is 0 Å². The summed E-state index contributed by atoms with van der Waals surface area (Å²) < 4.78 is 16.7. The number of hydrogen-bond acceptors (Lipinski definition) is 4. The molecule has 29 heavy (non-hydrogen) atoms. The minimum Gasteiger partial charge on any atom is -0.496 e. The lowest BCUT2D eigenvalue weighted by molar-refractivity contribution is 0.123. The van der Waals surface area contributed by atoms with E-state index in [1.807, 2.05) is 48.5 Å². The summed E-state index contributed by atoms with van der Waals surface area (Å²) in [6, 6.07) is 15.8. The van der Waals surface area contributed by atoms with Crippen LogP contribution in [0.1, 0.15) is 11.1 Å². The quantitative estimate of drug-likeness (QED) is 0.158. The Bertz CT molecular complexity index is 768. The van der Waals surface area contributed by atoms with E-state index in [9.17, 15) is 0 Å². The lowest BCUT2D eigenvalue weighted by Crippen LogP contribution is -2.38. The number of methoxy groups -OCH3 is 1. The van der Waals surface area contributed by atoms with Crippen molar-refractivity contribution in [2.75, 3.05) is 33.9 Å². The maximum absolute atomic E-state index is 5.73. The van der Waals surface area contributed by atoms with E-state index >= 15 is 0 Å². The fraction of sp³-hybridized carbons (Fsp3) is 0.318. The Kier molecular flexibility index (Phi) is 12.6. The lowest BCUT2D eigenvalue weighted by atomic mass is 10.2. The Morgan fingerprint density at radius 3 is 2.41 bits per heavy atom. The molecule has 7 heteroatoms. The van der Waals surface area contributed by atoms with E-state index in [1.54, 1.807) is 20.2 Å². The highest BCUT2D eigenvalue weighted by Crippen LogP contribution is 2.18. The zero-order valence-electron chi connectivity index (χ0n) is 17.0. The number of guanidine groups is 1. The third-order valence-corrected chi connectivity index (χ3v) is 3.99. The van der Waals surface area contributed by atoms with Crippen molar-refractivity contribution in [2.45, 2.75) is 13.2 Å². The van der Waals surface area contributed by atoms with Gasteiger partial charge in [0.15, 0.2) is 5.96 Å². The largest absolute Gasteiger partial charge is 0.496 e. The molecule has 0 heterocycles. The van der Waals surface area contributed by atoms with Gasteiger partial charge in [0.1, 0.15) is 18.1 Å². The predicted octanol–water partition coefficient (Wildman–Crippen LogP) is 3.76. The van der Waals surface area contributed by atoms with Crippen LogP contribution >= 0.6 is 24.0 Å². The minimum atomic E-state index is 0. The highest BCUT2D eigenvalue weighted by molar-refractivity contribution is 14.0. The lowest BCUT2D eigenvalue weighted by Gasteiger charge is -2.14. The molecule has 0 unspecified atom stereocenters. The molecule has 0 radical (unpaired) electrons. The van der Waals surface area contributed by atoms with Gasteiger partial charge in [-0.15, -0.1) is 24.0 Å². The summed E-state index contributed by atoms with van der Waals surface area (Å²) in [5, 5.41) is 6.53. The molecule has 0 spiro atoms. The molecule has 0 aromatic heterocycles. The van der Waals surface area contributed by atoms with Crippen LogP contribution in [0.2, 0.25) is 0 Å². The molecular weight excluding hydrogens is 481 g/mol. The van der Waals surface area contributed by atoms with Crippen molar-refractivity contribution in [3.8, 4) is 11.5 Å². The van der Waals surface area contributed by atoms with Gasteiger partial charge in [-0.25, -0.2) is 0 Å². The number of aliphatic imine (C=N–C) groups is 1. The number of para-hydroxylation sites is 2. The van der Waals surface area contributed by atoms with Gasteiger partial charge in [-0.05, 0) is 12.1 Å². The first-order valence-electron chi connectivity index (χ1n) is 9.24. The van der Waals surface area contributed by atoms with E-state index in [0.29, 0.717) is 38.9 Å². The average molecular weight is 511 g/mol. The second kappa shape index (κ2) is 14.7. The molecule has 0 aliphatic rings. The Labute approximate surface area is 190 Å². The molecule has 0 bridgehead atoms. The summed E-state index contributed by atoms with van der Waals surface area (Å²) in [6.45, 7) is 6.47. The molecule has 158 valence electrons. The van der Waals surface area contributed by atoms with Crippen molar-refractivity contribution in [1.82, 2.24) is 10.6 Å². The molecule has 0 saturated heterocycles.